The van der Waals surface area contributed by atoms with Crippen LogP contribution in [-0.2, 0) is 13.0 Å². The average Bonchev–Trinajstić information content (AvgIpc) is 2.88. The fraction of sp³-hybridized carbons (Fsp3) is 0.818. The van der Waals surface area contributed by atoms with Gasteiger partial charge in [0, 0.05) is 25.6 Å². The van der Waals surface area contributed by atoms with E-state index in [0.29, 0.717) is 0 Å². The Bertz CT molecular complexity index is 289. The third-order valence-electron chi connectivity index (χ3n) is 3.17. The van der Waals surface area contributed by atoms with E-state index in [1.165, 1.54) is 25.7 Å². The second-order valence-corrected chi connectivity index (χ2v) is 4.22. The molecule has 0 unspecified atom stereocenters. The Hall–Kier alpha value is -0.900. The molecule has 1 heterocycles. The highest BCUT2D eigenvalue weighted by atomic mass is 15.3. The van der Waals surface area contributed by atoms with Gasteiger partial charge in [0.25, 0.3) is 0 Å². The zero-order valence-electron chi connectivity index (χ0n) is 9.45. The molecule has 0 aromatic carbocycles. The van der Waals surface area contributed by atoms with Gasteiger partial charge in [0.15, 0.2) is 0 Å². The van der Waals surface area contributed by atoms with Gasteiger partial charge < -0.3 is 9.88 Å². The number of nitrogens with zero attached hydrogens (tertiary/aromatic N) is 3. The van der Waals surface area contributed by atoms with Crippen LogP contribution in [0.2, 0.25) is 0 Å². The zero-order valence-corrected chi connectivity index (χ0v) is 9.45. The van der Waals surface area contributed by atoms with Crippen molar-refractivity contribution in [2.75, 3.05) is 6.54 Å². The van der Waals surface area contributed by atoms with Crippen LogP contribution in [0.15, 0.2) is 6.33 Å². The summed E-state index contributed by atoms with van der Waals surface area (Å²) in [7, 11) is 0. The van der Waals surface area contributed by atoms with Crippen molar-refractivity contribution in [1.82, 2.24) is 20.1 Å². The van der Waals surface area contributed by atoms with Crippen LogP contribution in [-0.4, -0.2) is 27.4 Å². The molecule has 1 N–H and O–H groups in total. The first-order valence-corrected chi connectivity index (χ1v) is 6.00. The second kappa shape index (κ2) is 5.26. The van der Waals surface area contributed by atoms with Crippen molar-refractivity contribution in [3.8, 4) is 0 Å². The summed E-state index contributed by atoms with van der Waals surface area (Å²) in [6, 6.07) is 0.753. The number of aromatic nitrogens is 3. The van der Waals surface area contributed by atoms with E-state index in [1.54, 1.807) is 0 Å². The molecule has 4 heteroatoms. The van der Waals surface area contributed by atoms with Crippen molar-refractivity contribution in [1.29, 1.82) is 0 Å². The van der Waals surface area contributed by atoms with Gasteiger partial charge in [-0.1, -0.05) is 12.8 Å². The number of aryl methyl sites for hydroxylation is 1. The van der Waals surface area contributed by atoms with Gasteiger partial charge >= 0.3 is 0 Å². The van der Waals surface area contributed by atoms with Gasteiger partial charge in [-0.2, -0.15) is 0 Å². The first-order chi connectivity index (χ1) is 7.40. The largest absolute Gasteiger partial charge is 0.318 e. The van der Waals surface area contributed by atoms with Crippen molar-refractivity contribution in [2.24, 2.45) is 0 Å². The van der Waals surface area contributed by atoms with E-state index in [-0.39, 0.29) is 0 Å². The molecular weight excluding hydrogens is 188 g/mol. The topological polar surface area (TPSA) is 42.7 Å². The highest BCUT2D eigenvalue weighted by molar-refractivity contribution is 4.87. The lowest BCUT2D eigenvalue weighted by Gasteiger charge is -2.11. The molecule has 84 valence electrons. The molecule has 1 saturated carbocycles. The van der Waals surface area contributed by atoms with Crippen LogP contribution in [0.5, 0.6) is 0 Å². The minimum Gasteiger partial charge on any atom is -0.318 e. The number of hydrogen-bond donors (Lipinski definition) is 1. The SMILES string of the molecule is CCn1cnnc1CCNC1CCCC1. The fourth-order valence-corrected chi connectivity index (χ4v) is 2.25. The van der Waals surface area contributed by atoms with Crippen molar-refractivity contribution < 1.29 is 0 Å². The smallest absolute Gasteiger partial charge is 0.134 e. The van der Waals surface area contributed by atoms with E-state index < -0.39 is 0 Å². The Kier molecular flexibility index (Phi) is 3.72. The van der Waals surface area contributed by atoms with Gasteiger partial charge in [0.05, 0.1) is 0 Å². The molecule has 0 bridgehead atoms. The van der Waals surface area contributed by atoms with Crippen molar-refractivity contribution in [3.05, 3.63) is 12.2 Å². The molecule has 0 atom stereocenters. The lowest BCUT2D eigenvalue weighted by molar-refractivity contribution is 0.518. The average molecular weight is 208 g/mol. The summed E-state index contributed by atoms with van der Waals surface area (Å²) in [5.74, 6) is 1.10. The Balaban J connectivity index is 1.73. The summed E-state index contributed by atoms with van der Waals surface area (Å²) in [6.07, 6.45) is 8.28. The van der Waals surface area contributed by atoms with Crippen molar-refractivity contribution >= 4 is 0 Å². The van der Waals surface area contributed by atoms with E-state index >= 15 is 0 Å². The molecule has 0 radical (unpaired) electrons. The summed E-state index contributed by atoms with van der Waals surface area (Å²) in [5.41, 5.74) is 0. The Morgan fingerprint density at radius 1 is 1.47 bits per heavy atom. The summed E-state index contributed by atoms with van der Waals surface area (Å²) >= 11 is 0. The van der Waals surface area contributed by atoms with E-state index in [0.717, 1.165) is 31.4 Å². The van der Waals surface area contributed by atoms with Crippen molar-refractivity contribution in [3.63, 3.8) is 0 Å². The standard InChI is InChI=1S/C11H20N4/c1-2-15-9-13-14-11(15)7-8-12-10-5-3-4-6-10/h9-10,12H,2-8H2,1H3. The molecule has 1 aromatic heterocycles. The zero-order chi connectivity index (χ0) is 10.5. The normalized spacial score (nSPS) is 17.4. The summed E-state index contributed by atoms with van der Waals surface area (Å²) in [6.45, 7) is 4.12. The van der Waals surface area contributed by atoms with E-state index in [4.69, 9.17) is 0 Å². The maximum absolute atomic E-state index is 4.12. The summed E-state index contributed by atoms with van der Waals surface area (Å²) in [4.78, 5) is 0. The molecule has 1 fully saturated rings. The molecule has 0 amide bonds. The number of hydrogen-bond acceptors (Lipinski definition) is 3. The van der Waals surface area contributed by atoms with Gasteiger partial charge in [-0.25, -0.2) is 0 Å². The summed E-state index contributed by atoms with van der Waals surface area (Å²) < 4.78 is 2.11. The highest BCUT2D eigenvalue weighted by Crippen LogP contribution is 2.17. The van der Waals surface area contributed by atoms with E-state index in [1.807, 2.05) is 6.33 Å². The lowest BCUT2D eigenvalue weighted by atomic mass is 10.2. The van der Waals surface area contributed by atoms with E-state index in [9.17, 15) is 0 Å². The quantitative estimate of drug-likeness (QED) is 0.794. The first-order valence-electron chi connectivity index (χ1n) is 6.00. The number of rotatable bonds is 5. The first kappa shape index (κ1) is 10.6. The van der Waals surface area contributed by atoms with Crippen LogP contribution in [0.1, 0.15) is 38.4 Å². The third kappa shape index (κ3) is 2.78. The van der Waals surface area contributed by atoms with Crippen LogP contribution in [0.4, 0.5) is 0 Å². The predicted octanol–water partition coefficient (Wildman–Crippen LogP) is 1.37. The molecule has 15 heavy (non-hydrogen) atoms. The van der Waals surface area contributed by atoms with Crippen LogP contribution in [0.3, 0.4) is 0 Å². The van der Waals surface area contributed by atoms with Gasteiger partial charge in [0.1, 0.15) is 12.2 Å². The van der Waals surface area contributed by atoms with Crippen LogP contribution in [0, 0.1) is 0 Å². The Labute approximate surface area is 91.1 Å². The molecule has 1 aliphatic rings. The second-order valence-electron chi connectivity index (χ2n) is 4.22. The number of nitrogens with one attached hydrogen (secondary N) is 1. The van der Waals surface area contributed by atoms with Crippen LogP contribution >= 0.6 is 0 Å². The molecule has 0 saturated heterocycles. The van der Waals surface area contributed by atoms with Gasteiger partial charge in [-0.3, -0.25) is 0 Å². The third-order valence-corrected chi connectivity index (χ3v) is 3.17. The Morgan fingerprint density at radius 3 is 3.00 bits per heavy atom. The fourth-order valence-electron chi connectivity index (χ4n) is 2.25. The molecule has 1 aromatic rings. The van der Waals surface area contributed by atoms with Crippen LogP contribution < -0.4 is 5.32 Å². The molecule has 0 spiro atoms. The minimum absolute atomic E-state index is 0.753. The van der Waals surface area contributed by atoms with E-state index in [2.05, 4.69) is 27.0 Å². The Morgan fingerprint density at radius 2 is 2.27 bits per heavy atom. The van der Waals surface area contributed by atoms with Crippen LogP contribution in [0.25, 0.3) is 0 Å². The molecule has 4 nitrogen and oxygen atoms in total. The van der Waals surface area contributed by atoms with Crippen molar-refractivity contribution in [2.45, 2.75) is 51.6 Å². The minimum atomic E-state index is 0.753. The molecule has 1 aliphatic carbocycles. The monoisotopic (exact) mass is 208 g/mol. The van der Waals surface area contributed by atoms with Gasteiger partial charge in [-0.05, 0) is 19.8 Å². The molecule has 0 aliphatic heterocycles. The highest BCUT2D eigenvalue weighted by Gasteiger charge is 2.13. The van der Waals surface area contributed by atoms with Gasteiger partial charge in [0.2, 0.25) is 0 Å². The van der Waals surface area contributed by atoms with Gasteiger partial charge in [-0.15, -0.1) is 10.2 Å². The summed E-state index contributed by atoms with van der Waals surface area (Å²) in [5, 5.41) is 11.6. The lowest BCUT2D eigenvalue weighted by Crippen LogP contribution is -2.28. The predicted molar refractivity (Wildman–Crippen MR) is 59.7 cm³/mol. The molecule has 2 rings (SSSR count). The maximum atomic E-state index is 4.12. The molecular formula is C11H20N4. The maximum Gasteiger partial charge on any atom is 0.134 e.